The second-order valence-corrected chi connectivity index (χ2v) is 5.80. The van der Waals surface area contributed by atoms with Gasteiger partial charge in [0.05, 0.1) is 0 Å². The Kier molecular flexibility index (Phi) is 8.23. The van der Waals surface area contributed by atoms with Crippen molar-refractivity contribution in [2.75, 3.05) is 18.1 Å². The fraction of sp³-hybridized carbons (Fsp3) is 0.467. The average Bonchev–Trinajstić information content (AvgIpc) is 2.38. The van der Waals surface area contributed by atoms with Crippen molar-refractivity contribution in [1.29, 1.82) is 0 Å². The summed E-state index contributed by atoms with van der Waals surface area (Å²) in [5.41, 5.74) is 1.33. The lowest BCUT2D eigenvalue weighted by molar-refractivity contribution is 0.511. The van der Waals surface area contributed by atoms with Crippen molar-refractivity contribution >= 4 is 23.4 Å². The highest BCUT2D eigenvalue weighted by atomic mass is 35.5. The number of hydrogen-bond donors (Lipinski definition) is 1. The van der Waals surface area contributed by atoms with Crippen molar-refractivity contribution in [3.8, 4) is 0 Å². The van der Waals surface area contributed by atoms with Crippen LogP contribution in [0.4, 0.5) is 0 Å². The van der Waals surface area contributed by atoms with Crippen molar-refractivity contribution in [3.05, 3.63) is 47.5 Å². The van der Waals surface area contributed by atoms with Gasteiger partial charge in [0, 0.05) is 29.1 Å². The van der Waals surface area contributed by atoms with Crippen molar-refractivity contribution in [2.24, 2.45) is 0 Å². The summed E-state index contributed by atoms with van der Waals surface area (Å²) in [6.45, 7) is 6.98. The number of thioether (sulfide) groups is 1. The Bertz CT molecular complexity index is 337. The highest BCUT2D eigenvalue weighted by Gasteiger charge is 2.09. The van der Waals surface area contributed by atoms with Crippen LogP contribution in [0.1, 0.15) is 31.4 Å². The zero-order chi connectivity index (χ0) is 13.2. The van der Waals surface area contributed by atoms with Gasteiger partial charge in [-0.2, -0.15) is 11.8 Å². The van der Waals surface area contributed by atoms with Gasteiger partial charge in [-0.3, -0.25) is 0 Å². The molecule has 1 atom stereocenters. The van der Waals surface area contributed by atoms with Gasteiger partial charge >= 0.3 is 0 Å². The monoisotopic (exact) mass is 283 g/mol. The topological polar surface area (TPSA) is 12.0 Å². The van der Waals surface area contributed by atoms with Crippen molar-refractivity contribution < 1.29 is 0 Å². The van der Waals surface area contributed by atoms with Gasteiger partial charge in [-0.25, -0.2) is 0 Å². The normalized spacial score (nSPS) is 12.3. The standard InChI is InChI=1S/C15H22ClNS/c1-3-5-15(17-10-12-18-11-4-2)13-6-8-14(16)9-7-13/h4,6-9,15,17H,2-3,5,10-12H2,1H3. The molecular formula is C15H22ClNS. The minimum absolute atomic E-state index is 0.441. The van der Waals surface area contributed by atoms with Crippen LogP contribution in [-0.4, -0.2) is 18.1 Å². The third kappa shape index (κ3) is 5.94. The van der Waals surface area contributed by atoms with Crippen LogP contribution in [0.3, 0.4) is 0 Å². The minimum atomic E-state index is 0.441. The fourth-order valence-electron chi connectivity index (χ4n) is 1.84. The largest absolute Gasteiger partial charge is 0.309 e. The van der Waals surface area contributed by atoms with Gasteiger partial charge in [0.15, 0.2) is 0 Å². The maximum Gasteiger partial charge on any atom is 0.0406 e. The molecule has 1 rings (SSSR count). The third-order valence-electron chi connectivity index (χ3n) is 2.72. The van der Waals surface area contributed by atoms with Gasteiger partial charge in [-0.05, 0) is 24.1 Å². The average molecular weight is 284 g/mol. The first-order chi connectivity index (χ1) is 8.77. The molecule has 100 valence electrons. The van der Waals surface area contributed by atoms with Crippen LogP contribution in [0, 0.1) is 0 Å². The summed E-state index contributed by atoms with van der Waals surface area (Å²) in [5.74, 6) is 2.15. The molecule has 1 aromatic rings. The SMILES string of the molecule is C=CCSCCNC(CCC)c1ccc(Cl)cc1. The fourth-order valence-corrected chi connectivity index (χ4v) is 2.56. The summed E-state index contributed by atoms with van der Waals surface area (Å²) in [6, 6.07) is 8.61. The smallest absolute Gasteiger partial charge is 0.0406 e. The van der Waals surface area contributed by atoms with Gasteiger partial charge in [0.2, 0.25) is 0 Å². The number of rotatable bonds is 9. The molecule has 1 nitrogen and oxygen atoms in total. The molecule has 0 aliphatic heterocycles. The molecular weight excluding hydrogens is 262 g/mol. The number of halogens is 1. The predicted octanol–water partition coefficient (Wildman–Crippen LogP) is 4.69. The van der Waals surface area contributed by atoms with E-state index in [1.54, 1.807) is 0 Å². The summed E-state index contributed by atoms with van der Waals surface area (Å²) in [6.07, 6.45) is 4.29. The molecule has 1 aromatic carbocycles. The lowest BCUT2D eigenvalue weighted by Gasteiger charge is -2.18. The van der Waals surface area contributed by atoms with Gasteiger partial charge in [0.25, 0.3) is 0 Å². The summed E-state index contributed by atoms with van der Waals surface area (Å²) in [5, 5.41) is 4.42. The molecule has 0 radical (unpaired) electrons. The van der Waals surface area contributed by atoms with Gasteiger partial charge in [-0.15, -0.1) is 6.58 Å². The van der Waals surface area contributed by atoms with Gasteiger partial charge < -0.3 is 5.32 Å². The minimum Gasteiger partial charge on any atom is -0.309 e. The molecule has 0 aliphatic carbocycles. The van der Waals surface area contributed by atoms with Crippen molar-refractivity contribution in [2.45, 2.75) is 25.8 Å². The second kappa shape index (κ2) is 9.48. The zero-order valence-electron chi connectivity index (χ0n) is 11.0. The first-order valence-electron chi connectivity index (χ1n) is 6.45. The number of nitrogens with one attached hydrogen (secondary N) is 1. The van der Waals surface area contributed by atoms with E-state index in [1.165, 1.54) is 12.0 Å². The molecule has 1 unspecified atom stereocenters. The molecule has 0 heterocycles. The van der Waals surface area contributed by atoms with E-state index >= 15 is 0 Å². The van der Waals surface area contributed by atoms with Crippen LogP contribution >= 0.6 is 23.4 Å². The molecule has 0 amide bonds. The zero-order valence-corrected chi connectivity index (χ0v) is 12.6. The van der Waals surface area contributed by atoms with E-state index in [-0.39, 0.29) is 0 Å². The Labute approximate surface area is 120 Å². The summed E-state index contributed by atoms with van der Waals surface area (Å²) in [4.78, 5) is 0. The Balaban J connectivity index is 2.43. The molecule has 1 N–H and O–H groups in total. The van der Waals surface area contributed by atoms with Crippen LogP contribution < -0.4 is 5.32 Å². The van der Waals surface area contributed by atoms with Gasteiger partial charge in [0.1, 0.15) is 0 Å². The summed E-state index contributed by atoms with van der Waals surface area (Å²) < 4.78 is 0. The second-order valence-electron chi connectivity index (χ2n) is 4.21. The Morgan fingerprint density at radius 3 is 2.72 bits per heavy atom. The van der Waals surface area contributed by atoms with E-state index in [4.69, 9.17) is 11.6 Å². The van der Waals surface area contributed by atoms with E-state index in [0.29, 0.717) is 6.04 Å². The van der Waals surface area contributed by atoms with Crippen LogP contribution in [0.2, 0.25) is 5.02 Å². The quantitative estimate of drug-likeness (QED) is 0.521. The molecule has 0 spiro atoms. The molecule has 0 fully saturated rings. The van der Waals surface area contributed by atoms with Crippen LogP contribution in [0.5, 0.6) is 0 Å². The molecule has 0 saturated heterocycles. The molecule has 3 heteroatoms. The highest BCUT2D eigenvalue weighted by Crippen LogP contribution is 2.20. The molecule has 0 bridgehead atoms. The lowest BCUT2D eigenvalue weighted by atomic mass is 10.0. The maximum absolute atomic E-state index is 5.92. The van der Waals surface area contributed by atoms with Crippen LogP contribution in [-0.2, 0) is 0 Å². The van der Waals surface area contributed by atoms with Crippen molar-refractivity contribution in [3.63, 3.8) is 0 Å². The van der Waals surface area contributed by atoms with Crippen LogP contribution in [0.25, 0.3) is 0 Å². The van der Waals surface area contributed by atoms with Crippen molar-refractivity contribution in [1.82, 2.24) is 5.32 Å². The van der Waals surface area contributed by atoms with Crippen LogP contribution in [0.15, 0.2) is 36.9 Å². The summed E-state index contributed by atoms with van der Waals surface area (Å²) in [7, 11) is 0. The predicted molar refractivity (Wildman–Crippen MR) is 84.6 cm³/mol. The first kappa shape index (κ1) is 15.6. The lowest BCUT2D eigenvalue weighted by Crippen LogP contribution is -2.23. The highest BCUT2D eigenvalue weighted by molar-refractivity contribution is 7.99. The maximum atomic E-state index is 5.92. The van der Waals surface area contributed by atoms with Gasteiger partial charge in [-0.1, -0.05) is 43.2 Å². The Hall–Kier alpha value is -0.440. The molecule has 18 heavy (non-hydrogen) atoms. The number of benzene rings is 1. The number of hydrogen-bond acceptors (Lipinski definition) is 2. The first-order valence-corrected chi connectivity index (χ1v) is 7.98. The van der Waals surface area contributed by atoms with E-state index in [1.807, 2.05) is 30.0 Å². The molecule has 0 aromatic heterocycles. The third-order valence-corrected chi connectivity index (χ3v) is 3.94. The van der Waals surface area contributed by atoms with E-state index in [2.05, 4.69) is 31.0 Å². The molecule has 0 aliphatic rings. The van der Waals surface area contributed by atoms with E-state index < -0.39 is 0 Å². The van der Waals surface area contributed by atoms with E-state index in [0.717, 1.165) is 29.5 Å². The van der Waals surface area contributed by atoms with E-state index in [9.17, 15) is 0 Å². The Morgan fingerprint density at radius 1 is 1.39 bits per heavy atom. The molecule has 0 saturated carbocycles. The Morgan fingerprint density at radius 2 is 2.11 bits per heavy atom. The summed E-state index contributed by atoms with van der Waals surface area (Å²) >= 11 is 7.83.